The van der Waals surface area contributed by atoms with Crippen molar-refractivity contribution in [3.8, 4) is 0 Å². The molecule has 0 bridgehead atoms. The Morgan fingerprint density at radius 1 is 1.22 bits per heavy atom. The summed E-state index contributed by atoms with van der Waals surface area (Å²) in [6.45, 7) is 1.08. The number of rotatable bonds is 1. The van der Waals surface area contributed by atoms with Crippen LogP contribution in [0.25, 0.3) is 0 Å². The third-order valence-electron chi connectivity index (χ3n) is 4.04. The van der Waals surface area contributed by atoms with Crippen molar-refractivity contribution in [1.29, 1.82) is 0 Å². The van der Waals surface area contributed by atoms with Gasteiger partial charge < -0.3 is 10.6 Å². The van der Waals surface area contributed by atoms with Gasteiger partial charge in [0.05, 0.1) is 10.7 Å². The molecule has 0 radical (unpaired) electrons. The molecule has 0 amide bonds. The van der Waals surface area contributed by atoms with Crippen molar-refractivity contribution in [2.45, 2.75) is 32.1 Å². The molecule has 1 heterocycles. The van der Waals surface area contributed by atoms with Crippen molar-refractivity contribution in [2.24, 2.45) is 5.92 Å². The molecule has 0 saturated carbocycles. The van der Waals surface area contributed by atoms with E-state index in [9.17, 15) is 0 Å². The lowest BCUT2D eigenvalue weighted by molar-refractivity contribution is 0.418. The zero-order valence-corrected chi connectivity index (χ0v) is 11.3. The van der Waals surface area contributed by atoms with Crippen LogP contribution in [0.1, 0.15) is 32.1 Å². The number of nitrogens with two attached hydrogens (primary N) is 1. The number of piperidine rings is 1. The second kappa shape index (κ2) is 4.85. The monoisotopic (exact) mass is 262 g/mol. The Kier molecular flexibility index (Phi) is 3.21. The number of nitrogen functional groups attached to an aromatic ring is 1. The Morgan fingerprint density at radius 3 is 2.89 bits per heavy atom. The minimum atomic E-state index is 0.731. The highest BCUT2D eigenvalue weighted by Crippen LogP contribution is 2.40. The number of allylic oxidation sites excluding steroid dienone is 2. The third-order valence-corrected chi connectivity index (χ3v) is 4.34. The second-order valence-electron chi connectivity index (χ2n) is 5.26. The number of halogens is 1. The molecule has 2 nitrogen and oxygen atoms in total. The highest BCUT2D eigenvalue weighted by molar-refractivity contribution is 6.33. The first-order valence-corrected chi connectivity index (χ1v) is 7.16. The van der Waals surface area contributed by atoms with E-state index in [1.165, 1.54) is 37.8 Å². The topological polar surface area (TPSA) is 29.3 Å². The van der Waals surface area contributed by atoms with Crippen LogP contribution < -0.4 is 10.6 Å². The third kappa shape index (κ3) is 2.10. The van der Waals surface area contributed by atoms with E-state index in [0.717, 1.165) is 28.9 Å². The summed E-state index contributed by atoms with van der Waals surface area (Å²) in [6.07, 6.45) is 8.85. The minimum Gasteiger partial charge on any atom is -0.399 e. The molecule has 2 N–H and O–H groups in total. The number of anilines is 2. The summed E-state index contributed by atoms with van der Waals surface area (Å²) in [4.78, 5) is 2.40. The van der Waals surface area contributed by atoms with E-state index < -0.39 is 0 Å². The lowest BCUT2D eigenvalue weighted by Crippen LogP contribution is -2.34. The molecule has 1 saturated heterocycles. The van der Waals surface area contributed by atoms with Crippen LogP contribution >= 0.6 is 11.6 Å². The Labute approximate surface area is 113 Å². The predicted octanol–water partition coefficient (Wildman–Crippen LogP) is 4.21. The number of fused-ring (bicyclic) bond motifs is 1. The van der Waals surface area contributed by atoms with Gasteiger partial charge in [-0.1, -0.05) is 17.7 Å². The SMILES string of the molecule is Nc1ccc(N2CCCC3CCCC=C32)c(Cl)c1. The molecule has 0 spiro atoms. The lowest BCUT2D eigenvalue weighted by atomic mass is 9.84. The Hall–Kier alpha value is -1.15. The van der Waals surface area contributed by atoms with Crippen molar-refractivity contribution < 1.29 is 0 Å². The van der Waals surface area contributed by atoms with Crippen molar-refractivity contribution >= 4 is 23.0 Å². The normalized spacial score (nSPS) is 23.5. The first kappa shape index (κ1) is 11.9. The minimum absolute atomic E-state index is 0.731. The van der Waals surface area contributed by atoms with E-state index >= 15 is 0 Å². The maximum absolute atomic E-state index is 6.35. The quantitative estimate of drug-likeness (QED) is 0.769. The largest absolute Gasteiger partial charge is 0.399 e. The number of benzene rings is 1. The Morgan fingerprint density at radius 2 is 2.06 bits per heavy atom. The van der Waals surface area contributed by atoms with Crippen LogP contribution in [0.2, 0.25) is 5.02 Å². The summed E-state index contributed by atoms with van der Waals surface area (Å²) in [7, 11) is 0. The van der Waals surface area contributed by atoms with Crippen LogP contribution in [0.15, 0.2) is 30.0 Å². The van der Waals surface area contributed by atoms with Crippen molar-refractivity contribution in [3.05, 3.63) is 35.0 Å². The number of nitrogens with zero attached hydrogens (tertiary/aromatic N) is 1. The van der Waals surface area contributed by atoms with E-state index in [1.54, 1.807) is 0 Å². The molecule has 3 rings (SSSR count). The average molecular weight is 263 g/mol. The highest BCUT2D eigenvalue weighted by atomic mass is 35.5. The van der Waals surface area contributed by atoms with Gasteiger partial charge in [-0.2, -0.15) is 0 Å². The van der Waals surface area contributed by atoms with Crippen LogP contribution in [-0.2, 0) is 0 Å². The summed E-state index contributed by atoms with van der Waals surface area (Å²) in [5.74, 6) is 0.737. The summed E-state index contributed by atoms with van der Waals surface area (Å²) in [6, 6.07) is 5.84. The summed E-state index contributed by atoms with van der Waals surface area (Å²) in [5, 5.41) is 0.766. The van der Waals surface area contributed by atoms with Gasteiger partial charge in [-0.05, 0) is 56.2 Å². The van der Waals surface area contributed by atoms with Gasteiger partial charge in [0, 0.05) is 17.9 Å². The average Bonchev–Trinajstić information content (AvgIpc) is 2.38. The lowest BCUT2D eigenvalue weighted by Gasteiger charge is -2.39. The first-order valence-electron chi connectivity index (χ1n) is 6.78. The molecule has 1 fully saturated rings. The van der Waals surface area contributed by atoms with Crippen molar-refractivity contribution in [1.82, 2.24) is 0 Å². The van der Waals surface area contributed by atoms with E-state index in [1.807, 2.05) is 12.1 Å². The van der Waals surface area contributed by atoms with Gasteiger partial charge in [-0.25, -0.2) is 0 Å². The maximum atomic E-state index is 6.35. The van der Waals surface area contributed by atoms with E-state index in [-0.39, 0.29) is 0 Å². The molecule has 1 aliphatic heterocycles. The summed E-state index contributed by atoms with van der Waals surface area (Å²) >= 11 is 6.35. The molecule has 1 atom stereocenters. The van der Waals surface area contributed by atoms with Gasteiger partial charge in [-0.3, -0.25) is 0 Å². The van der Waals surface area contributed by atoms with E-state index in [2.05, 4.69) is 17.0 Å². The molecule has 3 heteroatoms. The number of hydrogen-bond donors (Lipinski definition) is 1. The van der Waals surface area contributed by atoms with Gasteiger partial charge in [0.25, 0.3) is 0 Å². The van der Waals surface area contributed by atoms with Crippen LogP contribution in [0, 0.1) is 5.92 Å². The van der Waals surface area contributed by atoms with Gasteiger partial charge >= 0.3 is 0 Å². The molecule has 18 heavy (non-hydrogen) atoms. The fraction of sp³-hybridized carbons (Fsp3) is 0.467. The summed E-state index contributed by atoms with van der Waals surface area (Å²) in [5.41, 5.74) is 9.10. The zero-order valence-electron chi connectivity index (χ0n) is 10.5. The molecule has 1 aromatic carbocycles. The smallest absolute Gasteiger partial charge is 0.0663 e. The molecular weight excluding hydrogens is 244 g/mol. The predicted molar refractivity (Wildman–Crippen MR) is 77.9 cm³/mol. The van der Waals surface area contributed by atoms with Crippen LogP contribution in [0.4, 0.5) is 11.4 Å². The summed E-state index contributed by atoms with van der Waals surface area (Å²) < 4.78 is 0. The Bertz CT molecular complexity index is 481. The van der Waals surface area contributed by atoms with Gasteiger partial charge in [0.15, 0.2) is 0 Å². The molecule has 2 aliphatic rings. The highest BCUT2D eigenvalue weighted by Gasteiger charge is 2.28. The van der Waals surface area contributed by atoms with Crippen LogP contribution in [0.5, 0.6) is 0 Å². The molecule has 96 valence electrons. The maximum Gasteiger partial charge on any atom is 0.0663 e. The number of hydrogen-bond acceptors (Lipinski definition) is 2. The van der Waals surface area contributed by atoms with Gasteiger partial charge in [0.2, 0.25) is 0 Å². The fourth-order valence-corrected chi connectivity index (χ4v) is 3.47. The van der Waals surface area contributed by atoms with Crippen LogP contribution in [-0.4, -0.2) is 6.54 Å². The van der Waals surface area contributed by atoms with Gasteiger partial charge in [0.1, 0.15) is 0 Å². The molecule has 1 unspecified atom stereocenters. The molecule has 1 aliphatic carbocycles. The van der Waals surface area contributed by atoms with Crippen LogP contribution in [0.3, 0.4) is 0 Å². The standard InChI is InChI=1S/C15H19ClN2/c16-13-10-12(17)7-8-15(13)18-9-3-5-11-4-1-2-6-14(11)18/h6-8,10-11H,1-5,9,17H2. The van der Waals surface area contributed by atoms with Crippen molar-refractivity contribution in [3.63, 3.8) is 0 Å². The zero-order chi connectivity index (χ0) is 12.5. The Balaban J connectivity index is 1.97. The van der Waals surface area contributed by atoms with E-state index in [4.69, 9.17) is 17.3 Å². The van der Waals surface area contributed by atoms with Gasteiger partial charge in [-0.15, -0.1) is 0 Å². The van der Waals surface area contributed by atoms with E-state index in [0.29, 0.717) is 0 Å². The van der Waals surface area contributed by atoms with Crippen molar-refractivity contribution in [2.75, 3.05) is 17.2 Å². The molecule has 1 aromatic rings. The fourth-order valence-electron chi connectivity index (χ4n) is 3.18. The molecular formula is C15H19ClN2. The first-order chi connectivity index (χ1) is 8.75. The molecule has 0 aromatic heterocycles. The second-order valence-corrected chi connectivity index (χ2v) is 5.67.